The number of aromatic nitrogens is 1. The SMILES string of the molecule is CC(C)C(Oc1ccc(-c2cccc(C#N)c2)cc1)C(O)CCc1cccnc1. The second-order valence-corrected chi connectivity index (χ2v) is 7.51. The Kier molecular flexibility index (Phi) is 6.99. The third-order valence-corrected chi connectivity index (χ3v) is 4.94. The van der Waals surface area contributed by atoms with E-state index in [9.17, 15) is 5.11 Å². The van der Waals surface area contributed by atoms with Gasteiger partial charge in [0.25, 0.3) is 0 Å². The monoisotopic (exact) mass is 386 g/mol. The molecule has 29 heavy (non-hydrogen) atoms. The molecule has 148 valence electrons. The minimum absolute atomic E-state index is 0.172. The van der Waals surface area contributed by atoms with E-state index in [4.69, 9.17) is 10.00 Å². The number of hydrogen-bond donors (Lipinski definition) is 1. The van der Waals surface area contributed by atoms with Crippen LogP contribution in [-0.2, 0) is 6.42 Å². The van der Waals surface area contributed by atoms with Crippen molar-refractivity contribution in [2.75, 3.05) is 0 Å². The molecule has 0 aliphatic heterocycles. The van der Waals surface area contributed by atoms with Crippen molar-refractivity contribution in [3.05, 3.63) is 84.2 Å². The summed E-state index contributed by atoms with van der Waals surface area (Å²) in [5.41, 5.74) is 3.76. The zero-order valence-electron chi connectivity index (χ0n) is 16.8. The molecular weight excluding hydrogens is 360 g/mol. The summed E-state index contributed by atoms with van der Waals surface area (Å²) >= 11 is 0. The fraction of sp³-hybridized carbons (Fsp3) is 0.280. The van der Waals surface area contributed by atoms with E-state index in [-0.39, 0.29) is 12.0 Å². The van der Waals surface area contributed by atoms with Crippen LogP contribution >= 0.6 is 0 Å². The van der Waals surface area contributed by atoms with Crippen molar-refractivity contribution in [1.29, 1.82) is 5.26 Å². The summed E-state index contributed by atoms with van der Waals surface area (Å²) in [6, 6.07) is 21.4. The minimum Gasteiger partial charge on any atom is -0.487 e. The van der Waals surface area contributed by atoms with Gasteiger partial charge in [0, 0.05) is 12.4 Å². The highest BCUT2D eigenvalue weighted by Crippen LogP contribution is 2.26. The normalized spacial score (nSPS) is 12.9. The number of ether oxygens (including phenoxy) is 1. The standard InChI is InChI=1S/C25H26N2O2/c1-18(2)25(24(28)13-8-19-6-4-14-27-17-19)29-23-11-9-21(10-12-23)22-7-3-5-20(15-22)16-26/h3-7,9-12,14-15,17-18,24-25,28H,8,13H2,1-2H3. The second kappa shape index (κ2) is 9.86. The molecule has 1 aromatic heterocycles. The number of nitriles is 1. The predicted molar refractivity (Wildman–Crippen MR) is 114 cm³/mol. The highest BCUT2D eigenvalue weighted by Gasteiger charge is 2.24. The first-order valence-electron chi connectivity index (χ1n) is 9.91. The first-order chi connectivity index (χ1) is 14.1. The summed E-state index contributed by atoms with van der Waals surface area (Å²) in [5.74, 6) is 0.898. The second-order valence-electron chi connectivity index (χ2n) is 7.51. The van der Waals surface area contributed by atoms with E-state index in [1.54, 1.807) is 12.3 Å². The lowest BCUT2D eigenvalue weighted by Crippen LogP contribution is -2.36. The van der Waals surface area contributed by atoms with E-state index >= 15 is 0 Å². The van der Waals surface area contributed by atoms with Crippen LogP contribution in [0.15, 0.2) is 73.1 Å². The molecule has 0 aliphatic carbocycles. The Balaban J connectivity index is 1.66. The van der Waals surface area contributed by atoms with Gasteiger partial charge in [0.1, 0.15) is 11.9 Å². The van der Waals surface area contributed by atoms with Crippen molar-refractivity contribution in [3.63, 3.8) is 0 Å². The molecule has 3 aromatic rings. The molecule has 0 radical (unpaired) electrons. The average molecular weight is 386 g/mol. The minimum atomic E-state index is -0.567. The molecule has 0 bridgehead atoms. The first-order valence-corrected chi connectivity index (χ1v) is 9.91. The molecule has 2 aromatic carbocycles. The van der Waals surface area contributed by atoms with Crippen molar-refractivity contribution in [2.24, 2.45) is 5.92 Å². The lowest BCUT2D eigenvalue weighted by Gasteiger charge is -2.27. The van der Waals surface area contributed by atoms with Crippen LogP contribution in [0.2, 0.25) is 0 Å². The van der Waals surface area contributed by atoms with Crippen molar-refractivity contribution >= 4 is 0 Å². The van der Waals surface area contributed by atoms with E-state index in [0.717, 1.165) is 28.9 Å². The van der Waals surface area contributed by atoms with Crippen LogP contribution in [0.3, 0.4) is 0 Å². The van der Waals surface area contributed by atoms with Crippen LogP contribution in [-0.4, -0.2) is 22.3 Å². The molecular formula is C25H26N2O2. The summed E-state index contributed by atoms with van der Waals surface area (Å²) in [5, 5.41) is 19.8. The van der Waals surface area contributed by atoms with E-state index in [0.29, 0.717) is 12.0 Å². The van der Waals surface area contributed by atoms with Crippen LogP contribution in [0.1, 0.15) is 31.4 Å². The smallest absolute Gasteiger partial charge is 0.127 e. The maximum absolute atomic E-state index is 10.7. The summed E-state index contributed by atoms with van der Waals surface area (Å²) in [7, 11) is 0. The topological polar surface area (TPSA) is 66.1 Å². The number of rotatable bonds is 8. The molecule has 1 N–H and O–H groups in total. The molecule has 0 saturated carbocycles. The Hall–Kier alpha value is -3.16. The van der Waals surface area contributed by atoms with Crippen LogP contribution in [0.4, 0.5) is 0 Å². The maximum Gasteiger partial charge on any atom is 0.127 e. The molecule has 1 heterocycles. The molecule has 4 nitrogen and oxygen atoms in total. The molecule has 0 fully saturated rings. The van der Waals surface area contributed by atoms with Crippen LogP contribution < -0.4 is 4.74 Å². The van der Waals surface area contributed by atoms with Crippen molar-refractivity contribution in [1.82, 2.24) is 4.98 Å². The van der Waals surface area contributed by atoms with Crippen molar-refractivity contribution in [3.8, 4) is 22.9 Å². The number of hydrogen-bond acceptors (Lipinski definition) is 4. The van der Waals surface area contributed by atoms with Gasteiger partial charge in [0.2, 0.25) is 0 Å². The highest BCUT2D eigenvalue weighted by atomic mass is 16.5. The lowest BCUT2D eigenvalue weighted by atomic mass is 9.96. The van der Waals surface area contributed by atoms with Crippen molar-refractivity contribution < 1.29 is 9.84 Å². The molecule has 3 rings (SSSR count). The fourth-order valence-electron chi connectivity index (χ4n) is 3.34. The molecule has 0 saturated heterocycles. The van der Waals surface area contributed by atoms with Gasteiger partial charge in [-0.25, -0.2) is 0 Å². The van der Waals surface area contributed by atoms with Gasteiger partial charge in [-0.05, 0) is 65.8 Å². The Morgan fingerprint density at radius 3 is 2.48 bits per heavy atom. The number of aliphatic hydroxyl groups excluding tert-OH is 1. The van der Waals surface area contributed by atoms with Crippen molar-refractivity contribution in [2.45, 2.75) is 38.9 Å². The van der Waals surface area contributed by atoms with Gasteiger partial charge in [0.05, 0.1) is 17.7 Å². The largest absolute Gasteiger partial charge is 0.487 e. The third-order valence-electron chi connectivity index (χ3n) is 4.94. The summed E-state index contributed by atoms with van der Waals surface area (Å²) in [4.78, 5) is 4.12. The molecule has 2 unspecified atom stereocenters. The van der Waals surface area contributed by atoms with E-state index in [1.165, 1.54) is 0 Å². The summed E-state index contributed by atoms with van der Waals surface area (Å²) in [6.07, 6.45) is 4.10. The van der Waals surface area contributed by atoms with Gasteiger partial charge in [-0.15, -0.1) is 0 Å². The van der Waals surface area contributed by atoms with E-state index < -0.39 is 6.10 Å². The summed E-state index contributed by atoms with van der Waals surface area (Å²) < 4.78 is 6.14. The number of aryl methyl sites for hydroxylation is 1. The van der Waals surface area contributed by atoms with Crippen LogP contribution in [0, 0.1) is 17.2 Å². The summed E-state index contributed by atoms with van der Waals surface area (Å²) in [6.45, 7) is 4.11. The Morgan fingerprint density at radius 1 is 1.03 bits per heavy atom. The molecule has 0 aliphatic rings. The van der Waals surface area contributed by atoms with Crippen LogP contribution in [0.5, 0.6) is 5.75 Å². The predicted octanol–water partition coefficient (Wildman–Crippen LogP) is 5.02. The molecule has 2 atom stereocenters. The highest BCUT2D eigenvalue weighted by molar-refractivity contribution is 5.65. The van der Waals surface area contributed by atoms with Gasteiger partial charge in [0.15, 0.2) is 0 Å². The van der Waals surface area contributed by atoms with Crippen LogP contribution in [0.25, 0.3) is 11.1 Å². The number of benzene rings is 2. The first kappa shape index (κ1) is 20.6. The zero-order chi connectivity index (χ0) is 20.6. The number of nitrogens with zero attached hydrogens (tertiary/aromatic N) is 2. The van der Waals surface area contributed by atoms with Gasteiger partial charge < -0.3 is 9.84 Å². The quantitative estimate of drug-likeness (QED) is 0.590. The van der Waals surface area contributed by atoms with Gasteiger partial charge in [-0.3, -0.25) is 4.98 Å². The number of pyridine rings is 1. The molecule has 0 spiro atoms. The fourth-order valence-corrected chi connectivity index (χ4v) is 3.34. The number of aliphatic hydroxyl groups is 1. The Morgan fingerprint density at radius 2 is 1.83 bits per heavy atom. The van der Waals surface area contributed by atoms with E-state index in [1.807, 2.05) is 60.8 Å². The Labute approximate surface area is 172 Å². The van der Waals surface area contributed by atoms with Gasteiger partial charge in [-0.1, -0.05) is 44.2 Å². The van der Waals surface area contributed by atoms with Gasteiger partial charge >= 0.3 is 0 Å². The van der Waals surface area contributed by atoms with E-state index in [2.05, 4.69) is 24.9 Å². The Bertz CT molecular complexity index is 947. The maximum atomic E-state index is 10.7. The average Bonchev–Trinajstić information content (AvgIpc) is 2.76. The molecule has 4 heteroatoms. The lowest BCUT2D eigenvalue weighted by molar-refractivity contribution is 0.00486. The zero-order valence-corrected chi connectivity index (χ0v) is 16.8. The van der Waals surface area contributed by atoms with Gasteiger partial charge in [-0.2, -0.15) is 5.26 Å². The third kappa shape index (κ3) is 5.66. The molecule has 0 amide bonds.